The Morgan fingerprint density at radius 2 is 1.35 bits per heavy atom. The summed E-state index contributed by atoms with van der Waals surface area (Å²) >= 11 is 0. The van der Waals surface area contributed by atoms with Gasteiger partial charge in [0, 0.05) is 17.5 Å². The van der Waals surface area contributed by atoms with Gasteiger partial charge in [-0.3, -0.25) is 9.59 Å². The van der Waals surface area contributed by atoms with Crippen LogP contribution in [-0.4, -0.2) is 54.7 Å². The number of amides is 2. The minimum atomic E-state index is -1.35. The lowest BCUT2D eigenvalue weighted by Gasteiger charge is -2.21. The van der Waals surface area contributed by atoms with E-state index in [2.05, 4.69) is 10.6 Å². The van der Waals surface area contributed by atoms with E-state index in [1.807, 2.05) is 12.1 Å². The van der Waals surface area contributed by atoms with Crippen molar-refractivity contribution in [3.05, 3.63) is 107 Å². The van der Waals surface area contributed by atoms with Crippen LogP contribution in [-0.2, 0) is 32.1 Å². The second-order valence-electron chi connectivity index (χ2n) is 8.12. The van der Waals surface area contributed by atoms with Gasteiger partial charge in [0.05, 0.1) is 13.7 Å². The highest BCUT2D eigenvalue weighted by Gasteiger charge is 2.27. The SMILES string of the molecule is COC(=O)[C@H](Cc1ccc(C(=O)c2ccccc2)cc1)NC(=O)[C@H](CO)NC(=O)OCc1ccccc1. The third-order valence-electron chi connectivity index (χ3n) is 5.50. The Balaban J connectivity index is 1.60. The van der Waals surface area contributed by atoms with Gasteiger partial charge in [-0.15, -0.1) is 0 Å². The van der Waals surface area contributed by atoms with E-state index in [1.54, 1.807) is 72.8 Å². The van der Waals surface area contributed by atoms with Crippen molar-refractivity contribution in [2.75, 3.05) is 13.7 Å². The number of carbonyl (C=O) groups excluding carboxylic acids is 4. The van der Waals surface area contributed by atoms with E-state index in [9.17, 15) is 24.3 Å². The number of alkyl carbamates (subject to hydrolysis) is 1. The lowest BCUT2D eigenvalue weighted by molar-refractivity contribution is -0.145. The number of nitrogens with one attached hydrogen (secondary N) is 2. The molecule has 2 atom stereocenters. The molecule has 0 aliphatic rings. The number of ether oxygens (including phenoxy) is 2. The Morgan fingerprint density at radius 1 is 0.757 bits per heavy atom. The van der Waals surface area contributed by atoms with Crippen molar-refractivity contribution in [3.8, 4) is 0 Å². The van der Waals surface area contributed by atoms with Crippen LogP contribution in [0.1, 0.15) is 27.0 Å². The first-order valence-corrected chi connectivity index (χ1v) is 11.6. The molecule has 0 unspecified atom stereocenters. The van der Waals surface area contributed by atoms with Crippen molar-refractivity contribution >= 4 is 23.8 Å². The molecule has 9 nitrogen and oxygen atoms in total. The summed E-state index contributed by atoms with van der Waals surface area (Å²) in [5.41, 5.74) is 2.45. The predicted molar refractivity (Wildman–Crippen MR) is 135 cm³/mol. The van der Waals surface area contributed by atoms with Crippen molar-refractivity contribution in [1.29, 1.82) is 0 Å². The highest BCUT2D eigenvalue weighted by Crippen LogP contribution is 2.13. The first-order valence-electron chi connectivity index (χ1n) is 11.6. The van der Waals surface area contributed by atoms with Gasteiger partial charge in [0.2, 0.25) is 5.91 Å². The molecule has 0 saturated carbocycles. The lowest BCUT2D eigenvalue weighted by atomic mass is 9.99. The Labute approximate surface area is 214 Å². The normalized spacial score (nSPS) is 12.1. The molecule has 3 rings (SSSR count). The minimum Gasteiger partial charge on any atom is -0.467 e. The van der Waals surface area contributed by atoms with Crippen LogP contribution in [0.15, 0.2) is 84.9 Å². The number of hydrogen-bond acceptors (Lipinski definition) is 7. The standard InChI is InChI=1S/C28H28N2O7/c1-36-27(34)23(16-19-12-14-22(15-13-19)25(32)21-10-6-3-7-11-21)29-26(33)24(17-31)30-28(35)37-18-20-8-4-2-5-9-20/h2-15,23-24,31H,16-18H2,1H3,(H,29,33)(H,30,35)/t23-,24-/m0/s1. The first kappa shape index (κ1) is 27.1. The molecule has 0 saturated heterocycles. The quantitative estimate of drug-likeness (QED) is 0.270. The van der Waals surface area contributed by atoms with Crippen LogP contribution in [0.4, 0.5) is 4.79 Å². The van der Waals surface area contributed by atoms with Crippen molar-refractivity contribution in [3.63, 3.8) is 0 Å². The monoisotopic (exact) mass is 504 g/mol. The number of aliphatic hydroxyl groups is 1. The summed E-state index contributed by atoms with van der Waals surface area (Å²) in [4.78, 5) is 49.8. The number of ketones is 1. The molecule has 192 valence electrons. The van der Waals surface area contributed by atoms with E-state index < -0.39 is 36.7 Å². The van der Waals surface area contributed by atoms with Crippen LogP contribution in [0.25, 0.3) is 0 Å². The first-order chi connectivity index (χ1) is 17.9. The molecule has 3 N–H and O–H groups in total. The Morgan fingerprint density at radius 3 is 1.95 bits per heavy atom. The minimum absolute atomic E-state index is 0.0139. The number of rotatable bonds is 11. The molecular weight excluding hydrogens is 476 g/mol. The zero-order valence-corrected chi connectivity index (χ0v) is 20.3. The highest BCUT2D eigenvalue weighted by atomic mass is 16.5. The number of methoxy groups -OCH3 is 1. The van der Waals surface area contributed by atoms with Crippen LogP contribution in [0.2, 0.25) is 0 Å². The van der Waals surface area contributed by atoms with E-state index in [0.717, 1.165) is 5.56 Å². The molecule has 0 heterocycles. The Hall–Kier alpha value is -4.50. The molecule has 0 fully saturated rings. The van der Waals surface area contributed by atoms with Crippen LogP contribution in [0, 0.1) is 0 Å². The summed E-state index contributed by atoms with van der Waals surface area (Å²) in [5, 5.41) is 14.4. The fraction of sp³-hybridized carbons (Fsp3) is 0.214. The largest absolute Gasteiger partial charge is 0.467 e. The fourth-order valence-corrected chi connectivity index (χ4v) is 3.49. The van der Waals surface area contributed by atoms with Crippen molar-refractivity contribution in [2.45, 2.75) is 25.1 Å². The molecule has 37 heavy (non-hydrogen) atoms. The van der Waals surface area contributed by atoms with Gasteiger partial charge in [0.15, 0.2) is 5.78 Å². The molecule has 3 aromatic rings. The summed E-state index contributed by atoms with van der Waals surface area (Å²) in [6.07, 6.45) is -0.833. The average Bonchev–Trinajstić information content (AvgIpc) is 2.95. The van der Waals surface area contributed by atoms with Crippen LogP contribution in [0.3, 0.4) is 0 Å². The molecule has 0 spiro atoms. The summed E-state index contributed by atoms with van der Waals surface area (Å²) in [5.74, 6) is -1.63. The van der Waals surface area contributed by atoms with Crippen molar-refractivity contribution < 1.29 is 33.8 Å². The smallest absolute Gasteiger partial charge is 0.408 e. The van der Waals surface area contributed by atoms with Gasteiger partial charge in [-0.1, -0.05) is 84.9 Å². The van der Waals surface area contributed by atoms with E-state index in [-0.39, 0.29) is 18.8 Å². The Bertz CT molecular complexity index is 1200. The second kappa shape index (κ2) is 13.6. The zero-order chi connectivity index (χ0) is 26.6. The maximum absolute atomic E-state index is 12.7. The zero-order valence-electron chi connectivity index (χ0n) is 20.3. The van der Waals surface area contributed by atoms with Gasteiger partial charge in [-0.05, 0) is 11.1 Å². The van der Waals surface area contributed by atoms with Crippen LogP contribution < -0.4 is 10.6 Å². The Kier molecular flexibility index (Phi) is 9.92. The van der Waals surface area contributed by atoms with Gasteiger partial charge in [0.25, 0.3) is 0 Å². The van der Waals surface area contributed by atoms with Gasteiger partial charge < -0.3 is 25.2 Å². The molecular formula is C28H28N2O7. The molecule has 0 aliphatic carbocycles. The number of esters is 1. The van der Waals surface area contributed by atoms with Gasteiger partial charge in [0.1, 0.15) is 18.7 Å². The summed E-state index contributed by atoms with van der Waals surface area (Å²) in [6, 6.07) is 22.0. The maximum Gasteiger partial charge on any atom is 0.408 e. The van der Waals surface area contributed by atoms with Gasteiger partial charge in [-0.2, -0.15) is 0 Å². The third kappa shape index (κ3) is 8.01. The van der Waals surface area contributed by atoms with E-state index >= 15 is 0 Å². The average molecular weight is 505 g/mol. The number of carbonyl (C=O) groups is 4. The summed E-state index contributed by atoms with van der Waals surface area (Å²) in [7, 11) is 1.19. The van der Waals surface area contributed by atoms with Crippen molar-refractivity contribution in [1.82, 2.24) is 10.6 Å². The molecule has 3 aromatic carbocycles. The molecule has 9 heteroatoms. The molecule has 2 amide bonds. The predicted octanol–water partition coefficient (Wildman–Crippen LogP) is 2.41. The topological polar surface area (TPSA) is 131 Å². The van der Waals surface area contributed by atoms with E-state index in [0.29, 0.717) is 16.7 Å². The summed E-state index contributed by atoms with van der Waals surface area (Å²) < 4.78 is 9.89. The van der Waals surface area contributed by atoms with Gasteiger partial charge in [-0.25, -0.2) is 9.59 Å². The number of hydrogen-bond donors (Lipinski definition) is 3. The second-order valence-corrected chi connectivity index (χ2v) is 8.12. The van der Waals surface area contributed by atoms with E-state index in [1.165, 1.54) is 7.11 Å². The molecule has 0 aromatic heterocycles. The van der Waals surface area contributed by atoms with Gasteiger partial charge >= 0.3 is 12.1 Å². The maximum atomic E-state index is 12.7. The number of aliphatic hydroxyl groups excluding tert-OH is 1. The lowest BCUT2D eigenvalue weighted by Crippen LogP contribution is -2.54. The molecule has 0 aliphatic heterocycles. The number of benzene rings is 3. The van der Waals surface area contributed by atoms with Crippen LogP contribution >= 0.6 is 0 Å². The fourth-order valence-electron chi connectivity index (χ4n) is 3.49. The third-order valence-corrected chi connectivity index (χ3v) is 5.50. The highest BCUT2D eigenvalue weighted by molar-refractivity contribution is 6.08. The van der Waals surface area contributed by atoms with Crippen molar-refractivity contribution in [2.24, 2.45) is 0 Å². The molecule has 0 radical (unpaired) electrons. The van der Waals surface area contributed by atoms with Crippen LogP contribution in [0.5, 0.6) is 0 Å². The summed E-state index contributed by atoms with van der Waals surface area (Å²) in [6.45, 7) is -0.726. The van der Waals surface area contributed by atoms with E-state index in [4.69, 9.17) is 9.47 Å². The molecule has 0 bridgehead atoms.